The summed E-state index contributed by atoms with van der Waals surface area (Å²) in [5.41, 5.74) is 1.10. The maximum atomic E-state index is 11.9. The standard InChI is InChI=1S/C16H21NO3/c1-3-10-20-12(2)15(18)17-11-16(19)9-8-13-6-4-5-7-14(13)16/h3-7,12,19H,1,8-11H2,2H3,(H,17,18)/t12-,16-/m1/s1. The van der Waals surface area contributed by atoms with Crippen molar-refractivity contribution in [2.75, 3.05) is 13.2 Å². The van der Waals surface area contributed by atoms with Gasteiger partial charge < -0.3 is 15.2 Å². The van der Waals surface area contributed by atoms with E-state index in [0.717, 1.165) is 17.5 Å². The molecule has 1 aliphatic rings. The average Bonchev–Trinajstić information content (AvgIpc) is 2.81. The fourth-order valence-corrected chi connectivity index (χ4v) is 2.52. The molecule has 0 saturated carbocycles. The first kappa shape index (κ1) is 14.8. The minimum atomic E-state index is -0.968. The highest BCUT2D eigenvalue weighted by molar-refractivity contribution is 5.80. The van der Waals surface area contributed by atoms with Crippen molar-refractivity contribution in [3.63, 3.8) is 0 Å². The lowest BCUT2D eigenvalue weighted by Gasteiger charge is -2.25. The monoisotopic (exact) mass is 275 g/mol. The second-order valence-corrected chi connectivity index (χ2v) is 5.17. The first-order valence-corrected chi connectivity index (χ1v) is 6.88. The quantitative estimate of drug-likeness (QED) is 0.774. The van der Waals surface area contributed by atoms with Gasteiger partial charge in [0.25, 0.3) is 0 Å². The Bertz CT molecular complexity index is 500. The van der Waals surface area contributed by atoms with Crippen LogP contribution in [-0.2, 0) is 21.6 Å². The van der Waals surface area contributed by atoms with Crippen molar-refractivity contribution in [1.82, 2.24) is 5.32 Å². The van der Waals surface area contributed by atoms with Crippen molar-refractivity contribution in [3.8, 4) is 0 Å². The van der Waals surface area contributed by atoms with Gasteiger partial charge in [0.1, 0.15) is 11.7 Å². The third-order valence-electron chi connectivity index (χ3n) is 3.72. The van der Waals surface area contributed by atoms with E-state index in [9.17, 15) is 9.90 Å². The van der Waals surface area contributed by atoms with Crippen molar-refractivity contribution in [3.05, 3.63) is 48.0 Å². The third-order valence-corrected chi connectivity index (χ3v) is 3.72. The van der Waals surface area contributed by atoms with Crippen molar-refractivity contribution >= 4 is 5.91 Å². The fraction of sp³-hybridized carbons (Fsp3) is 0.438. The number of ether oxygens (including phenoxy) is 1. The molecule has 2 rings (SSSR count). The van der Waals surface area contributed by atoms with Crippen LogP contribution in [0.15, 0.2) is 36.9 Å². The van der Waals surface area contributed by atoms with E-state index in [2.05, 4.69) is 11.9 Å². The van der Waals surface area contributed by atoms with Crippen LogP contribution in [0.2, 0.25) is 0 Å². The highest BCUT2D eigenvalue weighted by Gasteiger charge is 2.36. The van der Waals surface area contributed by atoms with Crippen LogP contribution in [0.4, 0.5) is 0 Å². The van der Waals surface area contributed by atoms with Crippen LogP contribution < -0.4 is 5.32 Å². The van der Waals surface area contributed by atoms with E-state index >= 15 is 0 Å². The van der Waals surface area contributed by atoms with Crippen LogP contribution in [0, 0.1) is 0 Å². The molecule has 0 unspecified atom stereocenters. The van der Waals surface area contributed by atoms with E-state index in [-0.39, 0.29) is 12.5 Å². The zero-order chi connectivity index (χ0) is 14.6. The van der Waals surface area contributed by atoms with Crippen LogP contribution in [0.25, 0.3) is 0 Å². The van der Waals surface area contributed by atoms with Gasteiger partial charge in [0.05, 0.1) is 13.2 Å². The van der Waals surface area contributed by atoms with Gasteiger partial charge in [-0.25, -0.2) is 0 Å². The normalized spacial score (nSPS) is 22.1. The molecular weight excluding hydrogens is 254 g/mol. The molecule has 1 amide bonds. The predicted molar refractivity (Wildman–Crippen MR) is 77.3 cm³/mol. The summed E-state index contributed by atoms with van der Waals surface area (Å²) in [6.07, 6.45) is 2.53. The molecule has 108 valence electrons. The number of aryl methyl sites for hydroxylation is 1. The number of aliphatic hydroxyl groups is 1. The first-order valence-electron chi connectivity index (χ1n) is 6.88. The van der Waals surface area contributed by atoms with Crippen LogP contribution in [0.5, 0.6) is 0 Å². The summed E-state index contributed by atoms with van der Waals surface area (Å²) in [6.45, 7) is 5.77. The molecule has 0 fully saturated rings. The lowest BCUT2D eigenvalue weighted by molar-refractivity contribution is -0.132. The molecule has 0 bridgehead atoms. The SMILES string of the molecule is C=CCO[C@H](C)C(=O)NC[C@]1(O)CCc2ccccc21. The van der Waals surface area contributed by atoms with Gasteiger partial charge in [0.15, 0.2) is 0 Å². The first-order chi connectivity index (χ1) is 9.57. The number of nitrogens with one attached hydrogen (secondary N) is 1. The number of benzene rings is 1. The number of fused-ring (bicyclic) bond motifs is 1. The highest BCUT2D eigenvalue weighted by Crippen LogP contribution is 2.36. The molecule has 0 spiro atoms. The third kappa shape index (κ3) is 3.08. The van der Waals surface area contributed by atoms with Crippen LogP contribution in [0.1, 0.15) is 24.5 Å². The smallest absolute Gasteiger partial charge is 0.248 e. The minimum absolute atomic E-state index is 0.213. The second kappa shape index (κ2) is 6.20. The average molecular weight is 275 g/mol. The van der Waals surface area contributed by atoms with E-state index in [4.69, 9.17) is 4.74 Å². The summed E-state index contributed by atoms with van der Waals surface area (Å²) >= 11 is 0. The van der Waals surface area contributed by atoms with Crippen molar-refractivity contribution in [2.24, 2.45) is 0 Å². The largest absolute Gasteiger partial charge is 0.383 e. The molecule has 0 saturated heterocycles. The summed E-state index contributed by atoms with van der Waals surface area (Å²) in [4.78, 5) is 11.9. The molecule has 4 nitrogen and oxygen atoms in total. The van der Waals surface area contributed by atoms with Crippen molar-refractivity contribution in [1.29, 1.82) is 0 Å². The Morgan fingerprint density at radius 1 is 1.60 bits per heavy atom. The number of rotatable bonds is 6. The summed E-state index contributed by atoms with van der Waals surface area (Å²) in [7, 11) is 0. The number of hydrogen-bond donors (Lipinski definition) is 2. The molecule has 2 N–H and O–H groups in total. The molecular formula is C16H21NO3. The van der Waals surface area contributed by atoms with Crippen molar-refractivity contribution < 1.29 is 14.6 Å². The summed E-state index contributed by atoms with van der Waals surface area (Å²) < 4.78 is 5.26. The molecule has 2 atom stereocenters. The van der Waals surface area contributed by atoms with Gasteiger partial charge in [0, 0.05) is 0 Å². The fourth-order valence-electron chi connectivity index (χ4n) is 2.52. The van der Waals surface area contributed by atoms with Gasteiger partial charge >= 0.3 is 0 Å². The molecule has 0 heterocycles. The Morgan fingerprint density at radius 3 is 3.10 bits per heavy atom. The Kier molecular flexibility index (Phi) is 4.57. The second-order valence-electron chi connectivity index (χ2n) is 5.17. The molecule has 0 aromatic heterocycles. The van der Waals surface area contributed by atoms with Gasteiger partial charge in [-0.2, -0.15) is 0 Å². The van der Waals surface area contributed by atoms with Gasteiger partial charge in [0.2, 0.25) is 5.91 Å². The van der Waals surface area contributed by atoms with Crippen LogP contribution in [0.3, 0.4) is 0 Å². The lowest BCUT2D eigenvalue weighted by Crippen LogP contribution is -2.43. The Morgan fingerprint density at radius 2 is 2.35 bits per heavy atom. The summed E-state index contributed by atoms with van der Waals surface area (Å²) in [5.74, 6) is -0.218. The number of carbonyl (C=O) groups excluding carboxylic acids is 1. The topological polar surface area (TPSA) is 58.6 Å². The molecule has 1 aliphatic carbocycles. The molecule has 0 aliphatic heterocycles. The Hall–Kier alpha value is -1.65. The van der Waals surface area contributed by atoms with E-state index in [0.29, 0.717) is 13.0 Å². The Labute approximate surface area is 119 Å². The number of amides is 1. The molecule has 1 aromatic rings. The van der Waals surface area contributed by atoms with Gasteiger partial charge in [-0.05, 0) is 30.9 Å². The number of carbonyl (C=O) groups is 1. The van der Waals surface area contributed by atoms with Gasteiger partial charge in [-0.15, -0.1) is 6.58 Å². The summed E-state index contributed by atoms with van der Waals surface area (Å²) in [6, 6.07) is 7.82. The number of hydrogen-bond acceptors (Lipinski definition) is 3. The zero-order valence-corrected chi connectivity index (χ0v) is 11.8. The van der Waals surface area contributed by atoms with Gasteiger partial charge in [-0.3, -0.25) is 4.79 Å². The highest BCUT2D eigenvalue weighted by atomic mass is 16.5. The summed E-state index contributed by atoms with van der Waals surface area (Å²) in [5, 5.41) is 13.4. The minimum Gasteiger partial charge on any atom is -0.383 e. The Balaban J connectivity index is 1.94. The van der Waals surface area contributed by atoms with E-state index in [1.807, 2.05) is 24.3 Å². The maximum Gasteiger partial charge on any atom is 0.248 e. The molecule has 4 heteroatoms. The van der Waals surface area contributed by atoms with Crippen molar-refractivity contribution in [2.45, 2.75) is 31.5 Å². The van der Waals surface area contributed by atoms with E-state index in [1.54, 1.807) is 13.0 Å². The molecule has 20 heavy (non-hydrogen) atoms. The van der Waals surface area contributed by atoms with Crippen LogP contribution >= 0.6 is 0 Å². The molecule has 0 radical (unpaired) electrons. The van der Waals surface area contributed by atoms with E-state index < -0.39 is 11.7 Å². The molecule has 1 aromatic carbocycles. The van der Waals surface area contributed by atoms with Gasteiger partial charge in [-0.1, -0.05) is 30.3 Å². The lowest BCUT2D eigenvalue weighted by atomic mass is 9.96. The van der Waals surface area contributed by atoms with Crippen LogP contribution in [-0.4, -0.2) is 30.3 Å². The maximum absolute atomic E-state index is 11.9. The zero-order valence-electron chi connectivity index (χ0n) is 11.8. The predicted octanol–water partition coefficient (Wildman–Crippen LogP) is 1.53. The van der Waals surface area contributed by atoms with E-state index in [1.165, 1.54) is 0 Å².